The summed E-state index contributed by atoms with van der Waals surface area (Å²) in [7, 11) is -3.66. The fraction of sp³-hybridized carbons (Fsp3) is 0.421. The molecule has 1 aliphatic rings. The molecule has 1 atom stereocenters. The average Bonchev–Trinajstić information content (AvgIpc) is 3.15. The van der Waals surface area contributed by atoms with Crippen LogP contribution in [0.3, 0.4) is 0 Å². The Kier molecular flexibility index (Phi) is 6.65. The molecule has 2 aromatic heterocycles. The number of amides is 1. The number of pyridine rings is 2. The van der Waals surface area contributed by atoms with E-state index < -0.39 is 27.3 Å². The van der Waals surface area contributed by atoms with Gasteiger partial charge in [0.25, 0.3) is 5.56 Å². The lowest BCUT2D eigenvalue weighted by Crippen LogP contribution is -2.34. The topological polar surface area (TPSA) is 98.1 Å². The second kappa shape index (κ2) is 8.85. The molecule has 29 heavy (non-hydrogen) atoms. The molecule has 0 spiro atoms. The van der Waals surface area contributed by atoms with Gasteiger partial charge in [0.15, 0.2) is 9.84 Å². The van der Waals surface area contributed by atoms with E-state index in [0.717, 1.165) is 38.0 Å². The molecule has 3 rings (SSSR count). The first-order valence-corrected chi connectivity index (χ1v) is 11.8. The molecular weight excluding hydrogens is 437 g/mol. The quantitative estimate of drug-likeness (QED) is 0.712. The number of hydrogen-bond donors (Lipinski definition) is 1. The number of sulfone groups is 1. The van der Waals surface area contributed by atoms with Crippen molar-refractivity contribution < 1.29 is 13.2 Å². The summed E-state index contributed by atoms with van der Waals surface area (Å²) in [6, 6.07) is 3.29. The number of anilines is 1. The summed E-state index contributed by atoms with van der Waals surface area (Å²) in [5.41, 5.74) is -0.600. The highest BCUT2D eigenvalue weighted by Crippen LogP contribution is 2.33. The van der Waals surface area contributed by atoms with Crippen LogP contribution in [0, 0.1) is 5.92 Å². The standard InChI is InChI=1S/C19H21Cl2N3O4S/c1-29(27,28)16-9-18(25)24(11-14(16)21)15(8-12-4-2-3-5-12)19(26)23-17-7-6-13(20)10-22-17/h6-7,9-12,15H,2-5,8H2,1H3,(H,22,23,26)/t15-/m0/s1. The molecule has 7 nitrogen and oxygen atoms in total. The maximum absolute atomic E-state index is 13.0. The molecule has 156 valence electrons. The molecule has 1 saturated carbocycles. The molecule has 2 aromatic rings. The van der Waals surface area contributed by atoms with Crippen LogP contribution >= 0.6 is 23.2 Å². The number of aromatic nitrogens is 2. The van der Waals surface area contributed by atoms with Crippen molar-refractivity contribution in [1.29, 1.82) is 0 Å². The molecule has 10 heteroatoms. The average molecular weight is 458 g/mol. The Morgan fingerprint density at radius 3 is 2.59 bits per heavy atom. The van der Waals surface area contributed by atoms with Crippen molar-refractivity contribution in [2.45, 2.75) is 43.0 Å². The first-order valence-electron chi connectivity index (χ1n) is 9.19. The monoisotopic (exact) mass is 457 g/mol. The summed E-state index contributed by atoms with van der Waals surface area (Å²) >= 11 is 12.0. The largest absolute Gasteiger partial charge is 0.309 e. The number of nitrogens with zero attached hydrogens (tertiary/aromatic N) is 2. The second-order valence-corrected chi connectivity index (χ2v) is 10.1. The Bertz CT molecular complexity index is 1060. The van der Waals surface area contributed by atoms with Crippen LogP contribution in [0.2, 0.25) is 10.0 Å². The molecule has 0 aromatic carbocycles. The minimum absolute atomic E-state index is 0.0964. The zero-order chi connectivity index (χ0) is 21.2. The third-order valence-corrected chi connectivity index (χ3v) is 6.82. The first kappa shape index (κ1) is 21.8. The normalized spacial score (nSPS) is 16.0. The molecule has 0 bridgehead atoms. The number of nitrogens with one attached hydrogen (secondary N) is 1. The van der Waals surface area contributed by atoms with Crippen molar-refractivity contribution >= 4 is 44.8 Å². The fourth-order valence-corrected chi connectivity index (χ4v) is 5.01. The van der Waals surface area contributed by atoms with Gasteiger partial charge in [0.05, 0.1) is 14.9 Å². The maximum atomic E-state index is 13.0. The van der Waals surface area contributed by atoms with E-state index in [-0.39, 0.29) is 9.92 Å². The van der Waals surface area contributed by atoms with Gasteiger partial charge < -0.3 is 9.88 Å². The number of halogens is 2. The van der Waals surface area contributed by atoms with E-state index in [1.807, 2.05) is 0 Å². The Hall–Kier alpha value is -1.90. The van der Waals surface area contributed by atoms with E-state index in [2.05, 4.69) is 10.3 Å². The number of carbonyl (C=O) groups excluding carboxylic acids is 1. The van der Waals surface area contributed by atoms with Gasteiger partial charge >= 0.3 is 0 Å². The van der Waals surface area contributed by atoms with E-state index in [4.69, 9.17) is 23.2 Å². The highest BCUT2D eigenvalue weighted by molar-refractivity contribution is 7.90. The molecule has 0 radical (unpaired) electrons. The zero-order valence-corrected chi connectivity index (χ0v) is 18.1. The summed E-state index contributed by atoms with van der Waals surface area (Å²) in [4.78, 5) is 29.5. The van der Waals surface area contributed by atoms with Crippen molar-refractivity contribution in [3.05, 3.63) is 51.0 Å². The fourth-order valence-electron chi connectivity index (χ4n) is 3.60. The summed E-state index contributed by atoms with van der Waals surface area (Å²) in [6.45, 7) is 0. The van der Waals surface area contributed by atoms with E-state index in [0.29, 0.717) is 23.2 Å². The molecule has 0 unspecified atom stereocenters. The Morgan fingerprint density at radius 1 is 1.31 bits per heavy atom. The molecule has 0 saturated heterocycles. The third-order valence-electron chi connectivity index (χ3n) is 5.04. The summed E-state index contributed by atoms with van der Waals surface area (Å²) in [5.74, 6) is 0.184. The molecule has 2 heterocycles. The van der Waals surface area contributed by atoms with Gasteiger partial charge in [-0.05, 0) is 24.5 Å². The van der Waals surface area contributed by atoms with Gasteiger partial charge in [-0.2, -0.15) is 0 Å². The van der Waals surface area contributed by atoms with Gasteiger partial charge in [-0.1, -0.05) is 48.9 Å². The number of rotatable bonds is 6. The van der Waals surface area contributed by atoms with Crippen LogP contribution in [0.5, 0.6) is 0 Å². The minimum atomic E-state index is -3.66. The second-order valence-electron chi connectivity index (χ2n) is 7.26. The molecule has 1 fully saturated rings. The highest BCUT2D eigenvalue weighted by Gasteiger charge is 2.29. The van der Waals surface area contributed by atoms with Crippen LogP contribution in [0.1, 0.15) is 38.1 Å². The van der Waals surface area contributed by atoms with Gasteiger partial charge in [-0.3, -0.25) is 9.59 Å². The van der Waals surface area contributed by atoms with Crippen LogP contribution < -0.4 is 10.9 Å². The van der Waals surface area contributed by atoms with Gasteiger partial charge in [0, 0.05) is 24.7 Å². The van der Waals surface area contributed by atoms with Crippen LogP contribution in [0.15, 0.2) is 40.3 Å². The van der Waals surface area contributed by atoms with Crippen molar-refractivity contribution in [1.82, 2.24) is 9.55 Å². The molecule has 0 aliphatic heterocycles. The predicted octanol–water partition coefficient (Wildman–Crippen LogP) is 3.71. The summed E-state index contributed by atoms with van der Waals surface area (Å²) in [5, 5.41) is 3.04. The molecule has 1 amide bonds. The van der Waals surface area contributed by atoms with Crippen molar-refractivity contribution in [2.24, 2.45) is 5.92 Å². The minimum Gasteiger partial charge on any atom is -0.309 e. The van der Waals surface area contributed by atoms with Gasteiger partial charge in [-0.25, -0.2) is 13.4 Å². The first-order chi connectivity index (χ1) is 13.6. The van der Waals surface area contributed by atoms with Crippen LogP contribution in [-0.2, 0) is 14.6 Å². The lowest BCUT2D eigenvalue weighted by molar-refractivity contribution is -0.119. The van der Waals surface area contributed by atoms with Gasteiger partial charge in [-0.15, -0.1) is 0 Å². The highest BCUT2D eigenvalue weighted by atomic mass is 35.5. The smallest absolute Gasteiger partial charge is 0.252 e. The molecular formula is C19H21Cl2N3O4S. The van der Waals surface area contributed by atoms with E-state index in [1.165, 1.54) is 17.0 Å². The number of carbonyl (C=O) groups is 1. The molecule has 1 aliphatic carbocycles. The summed E-state index contributed by atoms with van der Waals surface area (Å²) < 4.78 is 24.9. The number of hydrogen-bond acceptors (Lipinski definition) is 5. The van der Waals surface area contributed by atoms with Crippen LogP contribution in [-0.4, -0.2) is 30.1 Å². The SMILES string of the molecule is CS(=O)(=O)c1cc(=O)n([C@@H](CC2CCCC2)C(=O)Nc2ccc(Cl)cn2)cc1Cl. The van der Waals surface area contributed by atoms with E-state index >= 15 is 0 Å². The third kappa shape index (κ3) is 5.38. The van der Waals surface area contributed by atoms with Crippen LogP contribution in [0.25, 0.3) is 0 Å². The Labute approximate surface area is 179 Å². The van der Waals surface area contributed by atoms with E-state index in [9.17, 15) is 18.0 Å². The van der Waals surface area contributed by atoms with Crippen molar-refractivity contribution in [3.63, 3.8) is 0 Å². The maximum Gasteiger partial charge on any atom is 0.252 e. The van der Waals surface area contributed by atoms with Crippen molar-refractivity contribution in [2.75, 3.05) is 11.6 Å². The Morgan fingerprint density at radius 2 is 2.00 bits per heavy atom. The van der Waals surface area contributed by atoms with Crippen LogP contribution in [0.4, 0.5) is 5.82 Å². The zero-order valence-electron chi connectivity index (χ0n) is 15.8. The Balaban J connectivity index is 1.96. The van der Waals surface area contributed by atoms with Crippen molar-refractivity contribution in [3.8, 4) is 0 Å². The molecule has 1 N–H and O–H groups in total. The van der Waals surface area contributed by atoms with Gasteiger partial charge in [0.1, 0.15) is 11.9 Å². The predicted molar refractivity (Wildman–Crippen MR) is 112 cm³/mol. The summed E-state index contributed by atoms with van der Waals surface area (Å²) in [6.07, 6.45) is 8.20. The van der Waals surface area contributed by atoms with Gasteiger partial charge in [0.2, 0.25) is 5.91 Å². The van der Waals surface area contributed by atoms with E-state index in [1.54, 1.807) is 12.1 Å². The lowest BCUT2D eigenvalue weighted by atomic mass is 9.97. The lowest BCUT2D eigenvalue weighted by Gasteiger charge is -2.23.